The Bertz CT molecular complexity index is 587. The van der Waals surface area contributed by atoms with E-state index in [1.54, 1.807) is 0 Å². The first kappa shape index (κ1) is 14.9. The second-order valence-electron chi connectivity index (χ2n) is 4.16. The fraction of sp³-hybridized carbons (Fsp3) is 0.143. The van der Waals surface area contributed by atoms with Crippen LogP contribution in [0.1, 0.15) is 18.5 Å². The number of benzene rings is 2. The molecule has 5 heteroatoms. The van der Waals surface area contributed by atoms with Gasteiger partial charge in [-0.25, -0.2) is 4.39 Å². The maximum absolute atomic E-state index is 13.5. The second-order valence-corrected chi connectivity index (χ2v) is 6.22. The number of rotatable bonds is 3. The van der Waals surface area contributed by atoms with Crippen molar-refractivity contribution in [3.63, 3.8) is 0 Å². The van der Waals surface area contributed by atoms with E-state index in [2.05, 4.69) is 27.9 Å². The Kier molecular flexibility index (Phi) is 4.92. The number of hydrogen-bond acceptors (Lipinski definition) is 1. The van der Waals surface area contributed by atoms with E-state index in [4.69, 9.17) is 23.2 Å². The predicted octanol–water partition coefficient (Wildman–Crippen LogP) is 5.91. The summed E-state index contributed by atoms with van der Waals surface area (Å²) in [6.45, 7) is 1.92. The molecule has 19 heavy (non-hydrogen) atoms. The van der Waals surface area contributed by atoms with Crippen LogP contribution in [0, 0.1) is 9.39 Å². The van der Waals surface area contributed by atoms with E-state index in [0.717, 1.165) is 9.26 Å². The normalized spacial score (nSPS) is 12.3. The van der Waals surface area contributed by atoms with Crippen molar-refractivity contribution >= 4 is 51.5 Å². The first-order chi connectivity index (χ1) is 8.97. The first-order valence-electron chi connectivity index (χ1n) is 5.64. The van der Waals surface area contributed by atoms with Gasteiger partial charge in [-0.15, -0.1) is 0 Å². The summed E-state index contributed by atoms with van der Waals surface area (Å²) < 4.78 is 14.7. The first-order valence-corrected chi connectivity index (χ1v) is 7.47. The standard InChI is InChI=1S/C14H11Cl2FIN/c1-8(19-10-4-2-9(18)3-5-10)11-6-14(17)13(16)7-12(11)15/h2-8,19H,1H3. The van der Waals surface area contributed by atoms with E-state index in [1.165, 1.54) is 12.1 Å². The average Bonchev–Trinajstić information content (AvgIpc) is 2.36. The zero-order valence-electron chi connectivity index (χ0n) is 10.1. The predicted molar refractivity (Wildman–Crippen MR) is 87.6 cm³/mol. The maximum atomic E-state index is 13.5. The van der Waals surface area contributed by atoms with Crippen LogP contribution in [0.25, 0.3) is 0 Å². The van der Waals surface area contributed by atoms with Crippen molar-refractivity contribution < 1.29 is 4.39 Å². The summed E-state index contributed by atoms with van der Waals surface area (Å²) in [7, 11) is 0. The average molecular weight is 410 g/mol. The lowest BCUT2D eigenvalue weighted by Crippen LogP contribution is -2.07. The van der Waals surface area contributed by atoms with Crippen molar-refractivity contribution in [2.45, 2.75) is 13.0 Å². The van der Waals surface area contributed by atoms with Gasteiger partial charge in [-0.3, -0.25) is 0 Å². The molecule has 0 saturated carbocycles. The van der Waals surface area contributed by atoms with Crippen molar-refractivity contribution in [2.24, 2.45) is 0 Å². The van der Waals surface area contributed by atoms with Gasteiger partial charge in [0.15, 0.2) is 0 Å². The number of nitrogens with one attached hydrogen (secondary N) is 1. The molecular weight excluding hydrogens is 399 g/mol. The Balaban J connectivity index is 2.22. The van der Waals surface area contributed by atoms with Crippen molar-refractivity contribution in [1.82, 2.24) is 0 Å². The number of hydrogen-bond donors (Lipinski definition) is 1. The van der Waals surface area contributed by atoms with Gasteiger partial charge < -0.3 is 5.32 Å². The van der Waals surface area contributed by atoms with Gasteiger partial charge in [-0.05, 0) is 71.5 Å². The highest BCUT2D eigenvalue weighted by Crippen LogP contribution is 2.30. The third-order valence-electron chi connectivity index (χ3n) is 2.73. The smallest absolute Gasteiger partial charge is 0.142 e. The van der Waals surface area contributed by atoms with E-state index in [-0.39, 0.29) is 11.1 Å². The molecule has 0 aliphatic rings. The van der Waals surface area contributed by atoms with Crippen molar-refractivity contribution in [2.75, 3.05) is 5.32 Å². The lowest BCUT2D eigenvalue weighted by atomic mass is 10.1. The summed E-state index contributed by atoms with van der Waals surface area (Å²) in [5.41, 5.74) is 1.64. The van der Waals surface area contributed by atoms with Gasteiger partial charge in [0, 0.05) is 14.3 Å². The van der Waals surface area contributed by atoms with Gasteiger partial charge in [0.25, 0.3) is 0 Å². The van der Waals surface area contributed by atoms with Gasteiger partial charge in [0.2, 0.25) is 0 Å². The highest BCUT2D eigenvalue weighted by molar-refractivity contribution is 14.1. The highest BCUT2D eigenvalue weighted by Gasteiger charge is 2.13. The van der Waals surface area contributed by atoms with Crippen LogP contribution < -0.4 is 5.32 Å². The van der Waals surface area contributed by atoms with Crippen LogP contribution in [-0.4, -0.2) is 0 Å². The van der Waals surface area contributed by atoms with Crippen LogP contribution in [0.15, 0.2) is 36.4 Å². The van der Waals surface area contributed by atoms with E-state index in [0.29, 0.717) is 10.6 Å². The van der Waals surface area contributed by atoms with Crippen molar-refractivity contribution in [3.8, 4) is 0 Å². The third-order valence-corrected chi connectivity index (χ3v) is 4.07. The molecule has 0 fully saturated rings. The van der Waals surface area contributed by atoms with Crippen LogP contribution >= 0.6 is 45.8 Å². The maximum Gasteiger partial charge on any atom is 0.142 e. The Hall–Kier alpha value is -0.520. The quantitative estimate of drug-likeness (QED) is 0.490. The van der Waals surface area contributed by atoms with Crippen LogP contribution in [0.3, 0.4) is 0 Å². The monoisotopic (exact) mass is 409 g/mol. The molecule has 0 bridgehead atoms. The molecule has 0 aromatic heterocycles. The molecule has 0 saturated heterocycles. The second kappa shape index (κ2) is 6.29. The van der Waals surface area contributed by atoms with E-state index >= 15 is 0 Å². The molecule has 0 aliphatic heterocycles. The molecule has 0 radical (unpaired) electrons. The lowest BCUT2D eigenvalue weighted by molar-refractivity contribution is 0.624. The Labute approximate surface area is 135 Å². The van der Waals surface area contributed by atoms with Gasteiger partial charge in [-0.2, -0.15) is 0 Å². The van der Waals surface area contributed by atoms with Crippen LogP contribution in [0.4, 0.5) is 10.1 Å². The Morgan fingerprint density at radius 2 is 1.74 bits per heavy atom. The molecule has 1 nitrogen and oxygen atoms in total. The Morgan fingerprint density at radius 3 is 2.37 bits per heavy atom. The summed E-state index contributed by atoms with van der Waals surface area (Å²) >= 11 is 14.0. The molecule has 1 N–H and O–H groups in total. The molecule has 2 aromatic carbocycles. The summed E-state index contributed by atoms with van der Waals surface area (Å²) in [5.74, 6) is -0.461. The van der Waals surface area contributed by atoms with Gasteiger partial charge in [-0.1, -0.05) is 23.2 Å². The van der Waals surface area contributed by atoms with Crippen LogP contribution in [0.2, 0.25) is 10.0 Å². The van der Waals surface area contributed by atoms with Crippen molar-refractivity contribution in [3.05, 3.63) is 61.4 Å². The number of anilines is 1. The molecule has 0 spiro atoms. The molecule has 0 amide bonds. The summed E-state index contributed by atoms with van der Waals surface area (Å²) in [4.78, 5) is 0. The van der Waals surface area contributed by atoms with Gasteiger partial charge >= 0.3 is 0 Å². The fourth-order valence-corrected chi connectivity index (χ4v) is 2.65. The van der Waals surface area contributed by atoms with Gasteiger partial charge in [0.05, 0.1) is 11.1 Å². The SMILES string of the molecule is CC(Nc1ccc(I)cc1)c1cc(F)c(Cl)cc1Cl. The van der Waals surface area contributed by atoms with Crippen molar-refractivity contribution in [1.29, 1.82) is 0 Å². The summed E-state index contributed by atoms with van der Waals surface area (Å²) in [6, 6.07) is 10.6. The number of halogens is 4. The minimum atomic E-state index is -0.461. The Morgan fingerprint density at radius 1 is 1.11 bits per heavy atom. The minimum absolute atomic E-state index is 0.0372. The molecular formula is C14H11Cl2FIN. The fourth-order valence-electron chi connectivity index (χ4n) is 1.74. The zero-order valence-corrected chi connectivity index (χ0v) is 13.7. The topological polar surface area (TPSA) is 12.0 Å². The third kappa shape index (κ3) is 3.74. The molecule has 1 unspecified atom stereocenters. The molecule has 0 aliphatic carbocycles. The van der Waals surface area contributed by atoms with Crippen LogP contribution in [0.5, 0.6) is 0 Å². The molecule has 100 valence electrons. The lowest BCUT2D eigenvalue weighted by Gasteiger charge is -2.17. The summed E-state index contributed by atoms with van der Waals surface area (Å²) in [5, 5.41) is 3.77. The summed E-state index contributed by atoms with van der Waals surface area (Å²) in [6.07, 6.45) is 0. The highest BCUT2D eigenvalue weighted by atomic mass is 127. The van der Waals surface area contributed by atoms with Gasteiger partial charge in [0.1, 0.15) is 5.82 Å². The van der Waals surface area contributed by atoms with E-state index in [9.17, 15) is 4.39 Å². The molecule has 1 atom stereocenters. The molecule has 2 aromatic rings. The van der Waals surface area contributed by atoms with E-state index < -0.39 is 5.82 Å². The molecule has 0 heterocycles. The minimum Gasteiger partial charge on any atom is -0.378 e. The molecule has 2 rings (SSSR count). The largest absolute Gasteiger partial charge is 0.378 e. The van der Waals surface area contributed by atoms with Crippen LogP contribution in [-0.2, 0) is 0 Å². The zero-order chi connectivity index (χ0) is 14.0. The van der Waals surface area contributed by atoms with E-state index in [1.807, 2.05) is 31.2 Å².